The molecule has 1 aromatic heterocycles. The van der Waals surface area contributed by atoms with Crippen LogP contribution in [0.15, 0.2) is 30.3 Å². The van der Waals surface area contributed by atoms with E-state index in [0.717, 1.165) is 11.3 Å². The number of likely N-dealkylation sites (tertiary alicyclic amines) is 1. The number of hydrogen-bond acceptors (Lipinski definition) is 6. The summed E-state index contributed by atoms with van der Waals surface area (Å²) in [6, 6.07) is 8.90. The van der Waals surface area contributed by atoms with Crippen molar-refractivity contribution in [2.24, 2.45) is 5.92 Å². The predicted molar refractivity (Wildman–Crippen MR) is 90.6 cm³/mol. The van der Waals surface area contributed by atoms with Crippen molar-refractivity contribution in [1.82, 2.24) is 15.1 Å². The maximum atomic E-state index is 12.5. The van der Waals surface area contributed by atoms with Gasteiger partial charge in [0.25, 0.3) is 11.8 Å². The Morgan fingerprint density at radius 1 is 1.16 bits per heavy atom. The maximum Gasteiger partial charge on any atom is 0.308 e. The van der Waals surface area contributed by atoms with E-state index in [2.05, 4.69) is 15.5 Å². The monoisotopic (exact) mass is 360 g/mol. The normalized spacial score (nSPS) is 17.1. The molecular formula is C16H16N4O4S. The first kappa shape index (κ1) is 17.0. The number of amides is 2. The Bertz CT molecular complexity index is 792. The summed E-state index contributed by atoms with van der Waals surface area (Å²) >= 11 is 0.899. The van der Waals surface area contributed by atoms with Crippen molar-refractivity contribution in [2.75, 3.05) is 18.4 Å². The van der Waals surface area contributed by atoms with Crippen LogP contribution in [0.1, 0.15) is 32.4 Å². The Hall–Kier alpha value is -2.81. The second-order valence-corrected chi connectivity index (χ2v) is 6.64. The molecule has 3 rings (SSSR count). The van der Waals surface area contributed by atoms with E-state index in [0.29, 0.717) is 25.1 Å². The molecule has 0 aliphatic carbocycles. The summed E-state index contributed by atoms with van der Waals surface area (Å²) in [6.07, 6.45) is 1.18. The van der Waals surface area contributed by atoms with E-state index in [-0.39, 0.29) is 22.5 Å². The van der Waals surface area contributed by atoms with Gasteiger partial charge in [0, 0.05) is 18.8 Å². The highest BCUT2D eigenvalue weighted by molar-refractivity contribution is 7.15. The number of nitrogens with zero attached hydrogens (tertiary/aromatic N) is 3. The highest BCUT2D eigenvalue weighted by atomic mass is 32.1. The molecule has 2 aromatic rings. The molecule has 0 saturated carbocycles. The second-order valence-electron chi connectivity index (χ2n) is 5.66. The van der Waals surface area contributed by atoms with Gasteiger partial charge in [0.15, 0.2) is 0 Å². The van der Waals surface area contributed by atoms with E-state index >= 15 is 0 Å². The Labute approximate surface area is 147 Å². The third-order valence-corrected chi connectivity index (χ3v) is 4.80. The molecule has 0 spiro atoms. The third-order valence-electron chi connectivity index (χ3n) is 3.89. The Morgan fingerprint density at radius 2 is 1.88 bits per heavy atom. The number of aromatic nitrogens is 2. The number of nitrogens with one attached hydrogen (secondary N) is 1. The van der Waals surface area contributed by atoms with Crippen molar-refractivity contribution in [3.63, 3.8) is 0 Å². The zero-order valence-electron chi connectivity index (χ0n) is 13.2. The molecule has 1 fully saturated rings. The minimum Gasteiger partial charge on any atom is -0.481 e. The van der Waals surface area contributed by atoms with E-state index < -0.39 is 17.8 Å². The Balaban J connectivity index is 1.67. The minimum absolute atomic E-state index is 0.0824. The van der Waals surface area contributed by atoms with Gasteiger partial charge >= 0.3 is 5.97 Å². The first-order valence-corrected chi connectivity index (χ1v) is 8.58. The number of anilines is 1. The standard InChI is InChI=1S/C16H16N4O4S/c21-12(17-11-6-2-1-3-7-11)13-18-19-14(25-13)15(22)20-8-4-5-10(9-20)16(23)24/h1-3,6-7,10H,4-5,8-9H2,(H,17,21)(H,23,24). The molecule has 1 aliphatic heterocycles. The average molecular weight is 360 g/mol. The minimum atomic E-state index is -0.905. The van der Waals surface area contributed by atoms with E-state index in [1.54, 1.807) is 24.3 Å². The lowest BCUT2D eigenvalue weighted by Gasteiger charge is -2.29. The van der Waals surface area contributed by atoms with E-state index in [4.69, 9.17) is 5.11 Å². The molecule has 2 N–H and O–H groups in total. The van der Waals surface area contributed by atoms with Crippen LogP contribution < -0.4 is 5.32 Å². The Morgan fingerprint density at radius 3 is 2.60 bits per heavy atom. The second kappa shape index (κ2) is 7.39. The van der Waals surface area contributed by atoms with Gasteiger partial charge in [-0.1, -0.05) is 29.5 Å². The third kappa shape index (κ3) is 4.00. The van der Waals surface area contributed by atoms with Gasteiger partial charge in [-0.25, -0.2) is 0 Å². The van der Waals surface area contributed by atoms with Crippen molar-refractivity contribution in [3.05, 3.63) is 40.3 Å². The molecule has 2 amide bonds. The fourth-order valence-corrected chi connectivity index (χ4v) is 3.31. The van der Waals surface area contributed by atoms with Gasteiger partial charge in [0.1, 0.15) is 0 Å². The highest BCUT2D eigenvalue weighted by Gasteiger charge is 2.30. The van der Waals surface area contributed by atoms with Gasteiger partial charge in [-0.05, 0) is 25.0 Å². The number of carboxylic acid groups (broad SMARTS) is 1. The van der Waals surface area contributed by atoms with E-state index in [1.165, 1.54) is 4.90 Å². The topological polar surface area (TPSA) is 112 Å². The molecule has 0 radical (unpaired) electrons. The van der Waals surface area contributed by atoms with Gasteiger partial charge in [-0.3, -0.25) is 14.4 Å². The van der Waals surface area contributed by atoms with Gasteiger partial charge in [0.05, 0.1) is 5.92 Å². The predicted octanol–water partition coefficient (Wildman–Crippen LogP) is 1.73. The summed E-state index contributed by atoms with van der Waals surface area (Å²) < 4.78 is 0. The molecule has 1 aliphatic rings. The molecule has 2 heterocycles. The summed E-state index contributed by atoms with van der Waals surface area (Å²) in [4.78, 5) is 37.2. The van der Waals surface area contributed by atoms with Crippen LogP contribution in [0.4, 0.5) is 5.69 Å². The molecule has 0 bridgehead atoms. The van der Waals surface area contributed by atoms with Crippen LogP contribution in [0, 0.1) is 5.92 Å². The molecule has 8 nitrogen and oxygen atoms in total. The molecule has 1 atom stereocenters. The highest BCUT2D eigenvalue weighted by Crippen LogP contribution is 2.21. The Kier molecular flexibility index (Phi) is 5.03. The first-order valence-electron chi connectivity index (χ1n) is 7.76. The number of piperidine rings is 1. The first-order chi connectivity index (χ1) is 12.0. The van der Waals surface area contributed by atoms with E-state index in [1.807, 2.05) is 6.07 Å². The largest absolute Gasteiger partial charge is 0.481 e. The maximum absolute atomic E-state index is 12.5. The summed E-state index contributed by atoms with van der Waals surface area (Å²) in [6.45, 7) is 0.632. The number of carbonyl (C=O) groups excluding carboxylic acids is 2. The fourth-order valence-electron chi connectivity index (χ4n) is 2.61. The van der Waals surface area contributed by atoms with E-state index in [9.17, 15) is 14.4 Å². The SMILES string of the molecule is O=C(Nc1ccccc1)c1nnc(C(=O)N2CCCC(C(=O)O)C2)s1. The number of benzene rings is 1. The number of aliphatic carboxylic acids is 1. The summed E-state index contributed by atoms with van der Waals surface area (Å²) in [5.41, 5.74) is 0.621. The lowest BCUT2D eigenvalue weighted by molar-refractivity contribution is -0.143. The average Bonchev–Trinajstić information content (AvgIpc) is 3.12. The van der Waals surface area contributed by atoms with Gasteiger partial charge in [-0.2, -0.15) is 0 Å². The molecule has 9 heteroatoms. The molecule has 130 valence electrons. The summed E-state index contributed by atoms with van der Waals surface area (Å²) in [7, 11) is 0. The number of carboxylic acids is 1. The van der Waals surface area contributed by atoms with Crippen LogP contribution in [0.2, 0.25) is 0 Å². The van der Waals surface area contributed by atoms with Crippen molar-refractivity contribution >= 4 is 34.8 Å². The molecular weight excluding hydrogens is 344 g/mol. The molecule has 1 saturated heterocycles. The number of carbonyl (C=O) groups is 3. The number of hydrogen-bond donors (Lipinski definition) is 2. The lowest BCUT2D eigenvalue weighted by Crippen LogP contribution is -2.42. The molecule has 1 unspecified atom stereocenters. The van der Waals surface area contributed by atoms with Gasteiger partial charge < -0.3 is 15.3 Å². The van der Waals surface area contributed by atoms with Crippen LogP contribution in [0.3, 0.4) is 0 Å². The zero-order valence-corrected chi connectivity index (χ0v) is 14.0. The number of rotatable bonds is 4. The number of para-hydroxylation sites is 1. The van der Waals surface area contributed by atoms with Gasteiger partial charge in [-0.15, -0.1) is 10.2 Å². The van der Waals surface area contributed by atoms with Crippen molar-refractivity contribution < 1.29 is 19.5 Å². The molecule has 25 heavy (non-hydrogen) atoms. The van der Waals surface area contributed by atoms with Gasteiger partial charge in [0.2, 0.25) is 10.0 Å². The van der Waals surface area contributed by atoms with Crippen molar-refractivity contribution in [3.8, 4) is 0 Å². The van der Waals surface area contributed by atoms with Crippen LogP contribution in [-0.2, 0) is 4.79 Å². The quantitative estimate of drug-likeness (QED) is 0.858. The smallest absolute Gasteiger partial charge is 0.308 e. The van der Waals surface area contributed by atoms with Crippen LogP contribution in [-0.4, -0.2) is 51.1 Å². The zero-order chi connectivity index (χ0) is 17.8. The van der Waals surface area contributed by atoms with Crippen molar-refractivity contribution in [2.45, 2.75) is 12.8 Å². The summed E-state index contributed by atoms with van der Waals surface area (Å²) in [5.74, 6) is -2.30. The van der Waals surface area contributed by atoms with Crippen LogP contribution in [0.25, 0.3) is 0 Å². The van der Waals surface area contributed by atoms with Crippen molar-refractivity contribution in [1.29, 1.82) is 0 Å². The van der Waals surface area contributed by atoms with Crippen LogP contribution in [0.5, 0.6) is 0 Å². The fraction of sp³-hybridized carbons (Fsp3) is 0.312. The molecule has 1 aromatic carbocycles. The summed E-state index contributed by atoms with van der Waals surface area (Å²) in [5, 5.41) is 19.5. The lowest BCUT2D eigenvalue weighted by atomic mass is 9.98. The van der Waals surface area contributed by atoms with Crippen LogP contribution >= 0.6 is 11.3 Å².